The molecule has 34 heavy (non-hydrogen) atoms. The predicted octanol–water partition coefficient (Wildman–Crippen LogP) is 5.00. The lowest BCUT2D eigenvalue weighted by Gasteiger charge is -2.11. The van der Waals surface area contributed by atoms with E-state index < -0.39 is 0 Å². The van der Waals surface area contributed by atoms with Gasteiger partial charge in [-0.3, -0.25) is 14.2 Å². The first-order chi connectivity index (χ1) is 16.5. The number of hydrogen-bond donors (Lipinski definition) is 2. The summed E-state index contributed by atoms with van der Waals surface area (Å²) in [5.74, 6) is 0.392. The molecule has 4 aromatic rings. The van der Waals surface area contributed by atoms with Crippen LogP contribution < -0.4 is 10.6 Å². The number of para-hydroxylation sites is 1. The quantitative estimate of drug-likeness (QED) is 0.310. The van der Waals surface area contributed by atoms with Crippen molar-refractivity contribution in [3.8, 4) is 5.69 Å². The molecule has 0 spiro atoms. The van der Waals surface area contributed by atoms with Gasteiger partial charge in [-0.15, -0.1) is 10.2 Å². The molecule has 0 unspecified atom stereocenters. The van der Waals surface area contributed by atoms with Crippen LogP contribution in [0.25, 0.3) is 5.69 Å². The average molecular weight is 536 g/mol. The van der Waals surface area contributed by atoms with Crippen LogP contribution in [0.1, 0.15) is 21.7 Å². The smallest absolute Gasteiger partial charge is 0.251 e. The maximum Gasteiger partial charge on any atom is 0.251 e. The van der Waals surface area contributed by atoms with E-state index in [1.807, 2.05) is 84.3 Å². The van der Waals surface area contributed by atoms with Gasteiger partial charge in [-0.05, 0) is 49.4 Å². The number of nitrogens with zero attached hydrogens (tertiary/aromatic N) is 3. The summed E-state index contributed by atoms with van der Waals surface area (Å²) < 4.78 is 2.74. The van der Waals surface area contributed by atoms with Gasteiger partial charge in [-0.25, -0.2) is 0 Å². The molecule has 0 saturated heterocycles. The molecule has 4 rings (SSSR count). The van der Waals surface area contributed by atoms with E-state index in [2.05, 4.69) is 36.8 Å². The number of hydrogen-bond acceptors (Lipinski definition) is 5. The van der Waals surface area contributed by atoms with E-state index in [0.717, 1.165) is 15.7 Å². The molecule has 3 aromatic carbocycles. The highest BCUT2D eigenvalue weighted by Crippen LogP contribution is 2.23. The summed E-state index contributed by atoms with van der Waals surface area (Å²) >= 11 is 4.68. The second-order valence-electron chi connectivity index (χ2n) is 7.47. The van der Waals surface area contributed by atoms with Crippen molar-refractivity contribution in [1.29, 1.82) is 0 Å². The maximum absolute atomic E-state index is 12.6. The van der Waals surface area contributed by atoms with Crippen LogP contribution in [0.5, 0.6) is 0 Å². The van der Waals surface area contributed by atoms with Gasteiger partial charge < -0.3 is 10.6 Å². The molecule has 2 N–H and O–H groups in total. The minimum absolute atomic E-state index is 0.153. The van der Waals surface area contributed by atoms with Crippen molar-refractivity contribution in [1.82, 2.24) is 20.1 Å². The first-order valence-corrected chi connectivity index (χ1v) is 12.3. The zero-order chi connectivity index (χ0) is 23.9. The molecule has 0 fully saturated rings. The minimum atomic E-state index is -0.186. The van der Waals surface area contributed by atoms with Crippen molar-refractivity contribution < 1.29 is 9.59 Å². The summed E-state index contributed by atoms with van der Waals surface area (Å²) in [5, 5.41) is 14.9. The fourth-order valence-electron chi connectivity index (χ4n) is 3.29. The summed E-state index contributed by atoms with van der Waals surface area (Å²) in [5.41, 5.74) is 3.16. The van der Waals surface area contributed by atoms with Crippen LogP contribution in [-0.2, 0) is 11.3 Å². The summed E-state index contributed by atoms with van der Waals surface area (Å²) in [6.07, 6.45) is 0. The number of benzene rings is 3. The number of nitrogens with one attached hydrogen (secondary N) is 2. The van der Waals surface area contributed by atoms with Gasteiger partial charge in [0.05, 0.1) is 12.3 Å². The number of halogens is 1. The topological polar surface area (TPSA) is 88.9 Å². The highest BCUT2D eigenvalue weighted by molar-refractivity contribution is 9.10. The van der Waals surface area contributed by atoms with Crippen molar-refractivity contribution in [2.75, 3.05) is 11.1 Å². The lowest BCUT2D eigenvalue weighted by Crippen LogP contribution is -2.24. The number of aryl methyl sites for hydroxylation is 1. The highest BCUT2D eigenvalue weighted by atomic mass is 79.9. The SMILES string of the molecule is Cc1cccc(C(=O)NCc2nnc(SCC(=O)Nc3cccc(Br)c3)n2-c2ccccc2)c1. The van der Waals surface area contributed by atoms with E-state index in [9.17, 15) is 9.59 Å². The van der Waals surface area contributed by atoms with Gasteiger partial charge >= 0.3 is 0 Å². The molecule has 0 atom stereocenters. The van der Waals surface area contributed by atoms with Gasteiger partial charge in [0.15, 0.2) is 11.0 Å². The number of carbonyl (C=O) groups excluding carboxylic acids is 2. The van der Waals surface area contributed by atoms with Crippen LogP contribution in [0.3, 0.4) is 0 Å². The lowest BCUT2D eigenvalue weighted by molar-refractivity contribution is -0.113. The number of amides is 2. The molecule has 7 nitrogen and oxygen atoms in total. The molecule has 0 radical (unpaired) electrons. The third kappa shape index (κ3) is 6.12. The first kappa shape index (κ1) is 23.7. The van der Waals surface area contributed by atoms with Crippen molar-refractivity contribution in [3.05, 3.63) is 100 Å². The van der Waals surface area contributed by atoms with Gasteiger partial charge in [0, 0.05) is 21.4 Å². The van der Waals surface area contributed by atoms with Crippen LogP contribution >= 0.6 is 27.7 Å². The van der Waals surface area contributed by atoms with E-state index >= 15 is 0 Å². The Kier molecular flexibility index (Phi) is 7.76. The zero-order valence-electron chi connectivity index (χ0n) is 18.4. The number of anilines is 1. The van der Waals surface area contributed by atoms with Crippen LogP contribution in [0, 0.1) is 6.92 Å². The predicted molar refractivity (Wildman–Crippen MR) is 137 cm³/mol. The fraction of sp³-hybridized carbons (Fsp3) is 0.120. The molecule has 0 bridgehead atoms. The number of thioether (sulfide) groups is 1. The Morgan fingerprint density at radius 1 is 0.971 bits per heavy atom. The largest absolute Gasteiger partial charge is 0.345 e. The van der Waals surface area contributed by atoms with Crippen molar-refractivity contribution in [2.45, 2.75) is 18.6 Å². The highest BCUT2D eigenvalue weighted by Gasteiger charge is 2.17. The van der Waals surface area contributed by atoms with Crippen LogP contribution in [0.15, 0.2) is 88.5 Å². The van der Waals surface area contributed by atoms with Gasteiger partial charge in [-0.1, -0.05) is 69.7 Å². The van der Waals surface area contributed by atoms with E-state index in [0.29, 0.717) is 22.2 Å². The Labute approximate surface area is 210 Å². The summed E-state index contributed by atoms with van der Waals surface area (Å²) in [4.78, 5) is 25.1. The molecule has 0 saturated carbocycles. The first-order valence-electron chi connectivity index (χ1n) is 10.5. The standard InChI is InChI=1S/C25H22BrN5O2S/c1-17-7-5-8-18(13-17)24(33)27-15-22-29-30-25(31(22)21-11-3-2-4-12-21)34-16-23(32)28-20-10-6-9-19(26)14-20/h2-14H,15-16H2,1H3,(H,27,33)(H,28,32). The van der Waals surface area contributed by atoms with E-state index in [1.54, 1.807) is 6.07 Å². The fourth-order valence-corrected chi connectivity index (χ4v) is 4.46. The van der Waals surface area contributed by atoms with Crippen LogP contribution in [0.2, 0.25) is 0 Å². The van der Waals surface area contributed by atoms with Crippen LogP contribution in [-0.4, -0.2) is 32.3 Å². The molecule has 0 aliphatic heterocycles. The number of aromatic nitrogens is 3. The van der Waals surface area contributed by atoms with E-state index in [-0.39, 0.29) is 24.1 Å². The van der Waals surface area contributed by atoms with Crippen molar-refractivity contribution in [2.24, 2.45) is 0 Å². The molecular weight excluding hydrogens is 514 g/mol. The van der Waals surface area contributed by atoms with Gasteiger partial charge in [-0.2, -0.15) is 0 Å². The summed E-state index contributed by atoms with van der Waals surface area (Å²) in [6, 6.07) is 24.4. The number of carbonyl (C=O) groups is 2. The average Bonchev–Trinajstić information content (AvgIpc) is 3.24. The third-order valence-corrected chi connectivity index (χ3v) is 6.27. The molecular formula is C25H22BrN5O2S. The Morgan fingerprint density at radius 2 is 1.76 bits per heavy atom. The number of rotatable bonds is 8. The van der Waals surface area contributed by atoms with Gasteiger partial charge in [0.25, 0.3) is 5.91 Å². The Hall–Kier alpha value is -3.43. The summed E-state index contributed by atoms with van der Waals surface area (Å²) in [7, 11) is 0. The molecule has 1 heterocycles. The second-order valence-corrected chi connectivity index (χ2v) is 9.33. The normalized spacial score (nSPS) is 10.6. The Balaban J connectivity index is 1.48. The molecule has 1 aromatic heterocycles. The maximum atomic E-state index is 12.6. The summed E-state index contributed by atoms with van der Waals surface area (Å²) in [6.45, 7) is 2.14. The lowest BCUT2D eigenvalue weighted by atomic mass is 10.1. The molecule has 9 heteroatoms. The van der Waals surface area contributed by atoms with Gasteiger partial charge in [0.2, 0.25) is 5.91 Å². The van der Waals surface area contributed by atoms with E-state index in [1.165, 1.54) is 11.8 Å². The molecule has 0 aliphatic rings. The second kappa shape index (κ2) is 11.1. The molecule has 0 aliphatic carbocycles. The monoisotopic (exact) mass is 535 g/mol. The van der Waals surface area contributed by atoms with Crippen molar-refractivity contribution >= 4 is 45.2 Å². The van der Waals surface area contributed by atoms with Crippen molar-refractivity contribution in [3.63, 3.8) is 0 Å². The van der Waals surface area contributed by atoms with Crippen LogP contribution in [0.4, 0.5) is 5.69 Å². The van der Waals surface area contributed by atoms with E-state index in [4.69, 9.17) is 0 Å². The molecule has 172 valence electrons. The molecule has 2 amide bonds. The Morgan fingerprint density at radius 3 is 2.53 bits per heavy atom. The minimum Gasteiger partial charge on any atom is -0.345 e. The third-order valence-electron chi connectivity index (χ3n) is 4.84. The zero-order valence-corrected chi connectivity index (χ0v) is 20.8. The van der Waals surface area contributed by atoms with Gasteiger partial charge in [0.1, 0.15) is 0 Å². The Bertz CT molecular complexity index is 1310.